The van der Waals surface area contributed by atoms with E-state index < -0.39 is 0 Å². The fourth-order valence-corrected chi connectivity index (χ4v) is 3.59. The summed E-state index contributed by atoms with van der Waals surface area (Å²) in [5, 5.41) is 3.49. The van der Waals surface area contributed by atoms with Crippen molar-refractivity contribution in [2.45, 2.75) is 44.8 Å². The molecule has 1 fully saturated rings. The predicted molar refractivity (Wildman–Crippen MR) is 108 cm³/mol. The first-order chi connectivity index (χ1) is 13.6. The molecule has 8 nitrogen and oxygen atoms in total. The molecule has 28 heavy (non-hydrogen) atoms. The van der Waals surface area contributed by atoms with Gasteiger partial charge in [-0.1, -0.05) is 0 Å². The van der Waals surface area contributed by atoms with Crippen LogP contribution in [0.5, 0.6) is 11.6 Å². The molecule has 0 unspecified atom stereocenters. The lowest BCUT2D eigenvalue weighted by Crippen LogP contribution is -2.31. The highest BCUT2D eigenvalue weighted by molar-refractivity contribution is 5.84. The molecule has 0 amide bonds. The number of aryl methyl sites for hydroxylation is 1. The Labute approximate surface area is 163 Å². The van der Waals surface area contributed by atoms with E-state index >= 15 is 0 Å². The van der Waals surface area contributed by atoms with E-state index in [-0.39, 0.29) is 6.10 Å². The number of nitrogens with zero attached hydrogens (tertiary/aromatic N) is 4. The van der Waals surface area contributed by atoms with Gasteiger partial charge in [0.2, 0.25) is 5.88 Å². The minimum atomic E-state index is 0.131. The summed E-state index contributed by atoms with van der Waals surface area (Å²) in [5.74, 6) is 2.76. The van der Waals surface area contributed by atoms with Gasteiger partial charge in [0.05, 0.1) is 18.7 Å². The van der Waals surface area contributed by atoms with E-state index in [9.17, 15) is 0 Å². The molecule has 0 radical (unpaired) electrons. The molecule has 3 N–H and O–H groups in total. The van der Waals surface area contributed by atoms with Crippen molar-refractivity contribution in [3.05, 3.63) is 36.4 Å². The summed E-state index contributed by atoms with van der Waals surface area (Å²) < 4.78 is 11.5. The van der Waals surface area contributed by atoms with Gasteiger partial charge in [-0.25, -0.2) is 9.97 Å². The SMILES string of the molecule is COc1cc(NC2CCC(Oc3cc(N)cc4nccnc34)CC2)nc(C)n1. The van der Waals surface area contributed by atoms with Crippen LogP contribution in [0.3, 0.4) is 0 Å². The number of nitrogens with one attached hydrogen (secondary N) is 1. The van der Waals surface area contributed by atoms with Gasteiger partial charge in [0, 0.05) is 36.3 Å². The topological polar surface area (TPSA) is 108 Å². The molecule has 0 saturated heterocycles. The van der Waals surface area contributed by atoms with Crippen molar-refractivity contribution in [2.75, 3.05) is 18.2 Å². The summed E-state index contributed by atoms with van der Waals surface area (Å²) in [5.41, 5.74) is 8.13. The van der Waals surface area contributed by atoms with Crippen LogP contribution in [0.2, 0.25) is 0 Å². The number of anilines is 2. The average molecular weight is 380 g/mol. The molecule has 0 bridgehead atoms. The molecule has 2 heterocycles. The van der Waals surface area contributed by atoms with E-state index in [0.29, 0.717) is 29.2 Å². The Morgan fingerprint density at radius 1 is 1.04 bits per heavy atom. The Bertz CT molecular complexity index is 972. The Morgan fingerprint density at radius 2 is 1.82 bits per heavy atom. The number of benzene rings is 1. The summed E-state index contributed by atoms with van der Waals surface area (Å²) >= 11 is 0. The van der Waals surface area contributed by atoms with Crippen molar-refractivity contribution in [3.8, 4) is 11.6 Å². The number of ether oxygens (including phenoxy) is 2. The van der Waals surface area contributed by atoms with Gasteiger partial charge in [0.1, 0.15) is 22.9 Å². The molecular formula is C20H24N6O2. The van der Waals surface area contributed by atoms with Gasteiger partial charge >= 0.3 is 0 Å². The van der Waals surface area contributed by atoms with Crippen LogP contribution in [0.25, 0.3) is 11.0 Å². The molecule has 1 saturated carbocycles. The van der Waals surface area contributed by atoms with Crippen LogP contribution in [0.4, 0.5) is 11.5 Å². The number of rotatable bonds is 5. The molecular weight excluding hydrogens is 356 g/mol. The van der Waals surface area contributed by atoms with Crippen molar-refractivity contribution in [1.29, 1.82) is 0 Å². The first kappa shape index (κ1) is 18.2. The van der Waals surface area contributed by atoms with Crippen molar-refractivity contribution in [3.63, 3.8) is 0 Å². The fourth-order valence-electron chi connectivity index (χ4n) is 3.59. The molecule has 2 aromatic heterocycles. The monoisotopic (exact) mass is 380 g/mol. The molecule has 146 valence electrons. The van der Waals surface area contributed by atoms with Gasteiger partial charge in [-0.15, -0.1) is 0 Å². The fraction of sp³-hybridized carbons (Fsp3) is 0.400. The Kier molecular flexibility index (Phi) is 5.10. The molecule has 1 aliphatic carbocycles. The first-order valence-electron chi connectivity index (χ1n) is 9.44. The second kappa shape index (κ2) is 7.84. The van der Waals surface area contributed by atoms with E-state index in [1.165, 1.54) is 0 Å². The van der Waals surface area contributed by atoms with E-state index in [1.54, 1.807) is 19.5 Å². The number of hydrogen-bond donors (Lipinski definition) is 2. The number of aromatic nitrogens is 4. The van der Waals surface area contributed by atoms with Crippen LogP contribution in [-0.4, -0.2) is 39.2 Å². The summed E-state index contributed by atoms with van der Waals surface area (Å²) in [4.78, 5) is 17.4. The molecule has 3 aromatic rings. The zero-order valence-electron chi connectivity index (χ0n) is 16.1. The van der Waals surface area contributed by atoms with Gasteiger partial charge in [-0.3, -0.25) is 4.98 Å². The highest BCUT2D eigenvalue weighted by Crippen LogP contribution is 2.31. The third-order valence-corrected chi connectivity index (χ3v) is 4.90. The summed E-state index contributed by atoms with van der Waals surface area (Å²) in [6, 6.07) is 5.81. The molecule has 1 aliphatic rings. The molecule has 8 heteroatoms. The summed E-state index contributed by atoms with van der Waals surface area (Å²) in [6.45, 7) is 1.86. The number of hydrogen-bond acceptors (Lipinski definition) is 8. The minimum Gasteiger partial charge on any atom is -0.488 e. The van der Waals surface area contributed by atoms with Crippen LogP contribution >= 0.6 is 0 Å². The summed E-state index contributed by atoms with van der Waals surface area (Å²) in [7, 11) is 1.61. The average Bonchev–Trinajstić information content (AvgIpc) is 2.69. The molecule has 0 atom stereocenters. The van der Waals surface area contributed by atoms with Crippen LogP contribution in [-0.2, 0) is 0 Å². The second-order valence-corrected chi connectivity index (χ2v) is 7.02. The lowest BCUT2D eigenvalue weighted by atomic mass is 9.93. The van der Waals surface area contributed by atoms with Crippen molar-refractivity contribution < 1.29 is 9.47 Å². The van der Waals surface area contributed by atoms with Gasteiger partial charge < -0.3 is 20.5 Å². The van der Waals surface area contributed by atoms with Crippen molar-refractivity contribution in [1.82, 2.24) is 19.9 Å². The minimum absolute atomic E-state index is 0.131. The van der Waals surface area contributed by atoms with Crippen LogP contribution in [0, 0.1) is 6.92 Å². The maximum atomic E-state index is 6.25. The van der Waals surface area contributed by atoms with E-state index in [2.05, 4.69) is 25.3 Å². The normalized spacial score (nSPS) is 19.4. The van der Waals surface area contributed by atoms with Crippen molar-refractivity contribution in [2.24, 2.45) is 0 Å². The third kappa shape index (κ3) is 4.05. The zero-order chi connectivity index (χ0) is 19.5. The summed E-state index contributed by atoms with van der Waals surface area (Å²) in [6.07, 6.45) is 7.32. The molecule has 0 spiro atoms. The van der Waals surface area contributed by atoms with Gasteiger partial charge in [0.15, 0.2) is 0 Å². The quantitative estimate of drug-likeness (QED) is 0.650. The first-order valence-corrected chi connectivity index (χ1v) is 9.44. The zero-order valence-corrected chi connectivity index (χ0v) is 16.1. The highest BCUT2D eigenvalue weighted by Gasteiger charge is 2.24. The second-order valence-electron chi connectivity index (χ2n) is 7.02. The van der Waals surface area contributed by atoms with Crippen LogP contribution < -0.4 is 20.5 Å². The van der Waals surface area contributed by atoms with E-state index in [1.807, 2.05) is 25.1 Å². The third-order valence-electron chi connectivity index (χ3n) is 4.90. The van der Waals surface area contributed by atoms with E-state index in [0.717, 1.165) is 42.5 Å². The Balaban J connectivity index is 1.39. The van der Waals surface area contributed by atoms with Gasteiger partial charge in [-0.05, 0) is 38.7 Å². The Morgan fingerprint density at radius 3 is 2.61 bits per heavy atom. The maximum absolute atomic E-state index is 6.25. The number of methoxy groups -OCH3 is 1. The van der Waals surface area contributed by atoms with Gasteiger partial charge in [-0.2, -0.15) is 4.98 Å². The standard InChI is InChI=1S/C20H24N6O2/c1-12-24-18(11-19(25-12)27-2)26-14-3-5-15(6-4-14)28-17-10-13(21)9-16-20(17)23-8-7-22-16/h7-11,14-15H,3-6,21H2,1-2H3,(H,24,25,26). The molecule has 1 aromatic carbocycles. The van der Waals surface area contributed by atoms with Crippen LogP contribution in [0.15, 0.2) is 30.6 Å². The Hall–Kier alpha value is -3.16. The molecule has 4 rings (SSSR count). The predicted octanol–water partition coefficient (Wildman–Crippen LogP) is 3.12. The molecule has 0 aliphatic heterocycles. The van der Waals surface area contributed by atoms with Gasteiger partial charge in [0.25, 0.3) is 0 Å². The number of nitrogens with two attached hydrogens (primary N) is 1. The van der Waals surface area contributed by atoms with Crippen LogP contribution in [0.1, 0.15) is 31.5 Å². The van der Waals surface area contributed by atoms with Crippen molar-refractivity contribution >= 4 is 22.5 Å². The number of nitrogen functional groups attached to an aromatic ring is 1. The number of fused-ring (bicyclic) bond motifs is 1. The lowest BCUT2D eigenvalue weighted by molar-refractivity contribution is 0.152. The smallest absolute Gasteiger partial charge is 0.218 e. The maximum Gasteiger partial charge on any atom is 0.218 e. The largest absolute Gasteiger partial charge is 0.488 e. The highest BCUT2D eigenvalue weighted by atomic mass is 16.5. The van der Waals surface area contributed by atoms with E-state index in [4.69, 9.17) is 15.2 Å². The lowest BCUT2D eigenvalue weighted by Gasteiger charge is -2.30.